The minimum atomic E-state index is -1.00. The maximum absolute atomic E-state index is 12.0. The van der Waals surface area contributed by atoms with E-state index in [9.17, 15) is 19.2 Å². The number of ketones is 1. The highest BCUT2D eigenvalue weighted by molar-refractivity contribution is 5.80. The summed E-state index contributed by atoms with van der Waals surface area (Å²) >= 11 is 0. The predicted octanol–water partition coefficient (Wildman–Crippen LogP) is 1.98. The Morgan fingerprint density at radius 1 is 1.00 bits per heavy atom. The van der Waals surface area contributed by atoms with Gasteiger partial charge in [-0.05, 0) is 6.92 Å². The van der Waals surface area contributed by atoms with E-state index in [4.69, 9.17) is 25.4 Å². The van der Waals surface area contributed by atoms with E-state index in [1.165, 1.54) is 6.92 Å². The molecule has 0 amide bonds. The molecule has 0 aromatic carbocycles. The standard InChI is InChI=1S/C22H34O8/c1-6-18(5)21(26)30-16-22(13-27-11-8-10-23,15-29-20(25)7-2)14-28-12-9-19(24)17(3)4/h1,10,17-18H,7-9,11-16H2,2-5H3. The molecule has 2 unspecified atom stereocenters. The summed E-state index contributed by atoms with van der Waals surface area (Å²) in [5.41, 5.74) is -1.00. The van der Waals surface area contributed by atoms with Gasteiger partial charge in [-0.2, -0.15) is 0 Å². The lowest BCUT2D eigenvalue weighted by Crippen LogP contribution is -2.43. The molecule has 0 fully saturated rings. The molecule has 0 aliphatic heterocycles. The van der Waals surface area contributed by atoms with Crippen LogP contribution in [0.4, 0.5) is 0 Å². The third-order valence-electron chi connectivity index (χ3n) is 4.29. The van der Waals surface area contributed by atoms with Crippen LogP contribution in [0.3, 0.4) is 0 Å². The minimum absolute atomic E-state index is 0.0215. The molecule has 0 aromatic rings. The van der Waals surface area contributed by atoms with E-state index < -0.39 is 23.3 Å². The summed E-state index contributed by atoms with van der Waals surface area (Å²) in [5, 5.41) is 0. The van der Waals surface area contributed by atoms with Crippen LogP contribution in [-0.2, 0) is 38.1 Å². The van der Waals surface area contributed by atoms with E-state index in [0.717, 1.165) is 6.29 Å². The Morgan fingerprint density at radius 3 is 2.13 bits per heavy atom. The van der Waals surface area contributed by atoms with Gasteiger partial charge in [0.2, 0.25) is 0 Å². The monoisotopic (exact) mass is 426 g/mol. The van der Waals surface area contributed by atoms with Crippen LogP contribution in [0.15, 0.2) is 0 Å². The van der Waals surface area contributed by atoms with Crippen molar-refractivity contribution in [2.75, 3.05) is 39.6 Å². The van der Waals surface area contributed by atoms with Gasteiger partial charge in [0.25, 0.3) is 0 Å². The zero-order valence-electron chi connectivity index (χ0n) is 18.4. The number of terminal acetylenes is 1. The molecular formula is C22H34O8. The van der Waals surface area contributed by atoms with E-state index in [1.54, 1.807) is 6.92 Å². The molecule has 0 saturated heterocycles. The van der Waals surface area contributed by atoms with Gasteiger partial charge in [0.05, 0.1) is 31.8 Å². The lowest BCUT2D eigenvalue weighted by Gasteiger charge is -2.32. The van der Waals surface area contributed by atoms with Crippen LogP contribution < -0.4 is 0 Å². The van der Waals surface area contributed by atoms with Gasteiger partial charge in [-0.15, -0.1) is 6.42 Å². The van der Waals surface area contributed by atoms with Gasteiger partial charge >= 0.3 is 11.9 Å². The highest BCUT2D eigenvalue weighted by Crippen LogP contribution is 2.22. The Hall–Kier alpha value is -2.24. The van der Waals surface area contributed by atoms with Crippen LogP contribution in [-0.4, -0.2) is 63.6 Å². The van der Waals surface area contributed by atoms with E-state index in [1.807, 2.05) is 13.8 Å². The maximum atomic E-state index is 12.0. The molecular weight excluding hydrogens is 392 g/mol. The van der Waals surface area contributed by atoms with E-state index in [-0.39, 0.29) is 70.6 Å². The SMILES string of the molecule is C#CC(C)C(=O)OCC(COCCC=O)(COCCC(=O)C(C)C)COC(=O)CC. The van der Waals surface area contributed by atoms with Crippen molar-refractivity contribution in [1.82, 2.24) is 0 Å². The van der Waals surface area contributed by atoms with Crippen molar-refractivity contribution in [2.24, 2.45) is 17.3 Å². The lowest BCUT2D eigenvalue weighted by molar-refractivity contribution is -0.163. The van der Waals surface area contributed by atoms with Crippen LogP contribution >= 0.6 is 0 Å². The molecule has 0 saturated carbocycles. The number of esters is 2. The van der Waals surface area contributed by atoms with E-state index >= 15 is 0 Å². The lowest BCUT2D eigenvalue weighted by atomic mass is 9.92. The predicted molar refractivity (Wildman–Crippen MR) is 109 cm³/mol. The van der Waals surface area contributed by atoms with Crippen LogP contribution in [0, 0.1) is 29.6 Å². The zero-order chi connectivity index (χ0) is 23.0. The van der Waals surface area contributed by atoms with Crippen molar-refractivity contribution in [3.8, 4) is 12.3 Å². The Labute approximate surface area is 179 Å². The number of carbonyl (C=O) groups excluding carboxylic acids is 4. The summed E-state index contributed by atoms with van der Waals surface area (Å²) < 4.78 is 21.8. The second kappa shape index (κ2) is 15.6. The molecule has 0 rings (SSSR count). The van der Waals surface area contributed by atoms with Crippen molar-refractivity contribution in [1.29, 1.82) is 0 Å². The highest BCUT2D eigenvalue weighted by atomic mass is 16.6. The summed E-state index contributed by atoms with van der Waals surface area (Å²) in [5.74, 6) is 0.514. The molecule has 2 atom stereocenters. The number of hydrogen-bond acceptors (Lipinski definition) is 8. The van der Waals surface area contributed by atoms with Crippen LogP contribution in [0.25, 0.3) is 0 Å². The van der Waals surface area contributed by atoms with Gasteiger partial charge in [0, 0.05) is 25.2 Å². The first kappa shape index (κ1) is 27.8. The van der Waals surface area contributed by atoms with Gasteiger partial charge in [0.15, 0.2) is 0 Å². The van der Waals surface area contributed by atoms with Crippen LogP contribution in [0.1, 0.15) is 47.0 Å². The summed E-state index contributed by atoms with van der Waals surface area (Å²) in [7, 11) is 0. The topological polar surface area (TPSA) is 105 Å². The summed E-state index contributed by atoms with van der Waals surface area (Å²) in [6, 6.07) is 0. The normalized spacial score (nSPS) is 13.7. The number of aldehydes is 1. The van der Waals surface area contributed by atoms with E-state index in [2.05, 4.69) is 5.92 Å². The largest absolute Gasteiger partial charge is 0.465 e. The van der Waals surface area contributed by atoms with Crippen molar-refractivity contribution < 1.29 is 38.1 Å². The number of rotatable bonds is 17. The highest BCUT2D eigenvalue weighted by Gasteiger charge is 2.35. The van der Waals surface area contributed by atoms with Crippen molar-refractivity contribution in [3.05, 3.63) is 0 Å². The number of Topliss-reactive ketones (excluding diaryl/α,β-unsaturated/α-hetero) is 1. The molecule has 170 valence electrons. The van der Waals surface area contributed by atoms with E-state index in [0.29, 0.717) is 0 Å². The number of hydrogen-bond donors (Lipinski definition) is 0. The van der Waals surface area contributed by atoms with Gasteiger partial charge < -0.3 is 23.7 Å². The smallest absolute Gasteiger partial charge is 0.320 e. The van der Waals surface area contributed by atoms with Gasteiger partial charge in [-0.3, -0.25) is 14.4 Å². The minimum Gasteiger partial charge on any atom is -0.465 e. The fourth-order valence-electron chi connectivity index (χ4n) is 2.17. The average Bonchev–Trinajstić information content (AvgIpc) is 2.74. The van der Waals surface area contributed by atoms with Crippen molar-refractivity contribution in [2.45, 2.75) is 47.0 Å². The zero-order valence-corrected chi connectivity index (χ0v) is 18.4. The molecule has 30 heavy (non-hydrogen) atoms. The fourth-order valence-corrected chi connectivity index (χ4v) is 2.17. The molecule has 0 aromatic heterocycles. The Balaban J connectivity index is 5.24. The quantitative estimate of drug-likeness (QED) is 0.150. The first-order valence-corrected chi connectivity index (χ1v) is 10.1. The molecule has 8 heteroatoms. The molecule has 0 N–H and O–H groups in total. The van der Waals surface area contributed by atoms with Gasteiger partial charge in [0.1, 0.15) is 31.2 Å². The molecule has 0 radical (unpaired) electrons. The Kier molecular flexibility index (Phi) is 14.4. The third kappa shape index (κ3) is 11.7. The molecule has 0 bridgehead atoms. The first-order valence-electron chi connectivity index (χ1n) is 10.1. The second-order valence-corrected chi connectivity index (χ2v) is 7.44. The summed E-state index contributed by atoms with van der Waals surface area (Å²) in [6.45, 7) is 6.92. The second-order valence-electron chi connectivity index (χ2n) is 7.44. The van der Waals surface area contributed by atoms with Crippen LogP contribution in [0.2, 0.25) is 0 Å². The Morgan fingerprint density at radius 2 is 1.60 bits per heavy atom. The third-order valence-corrected chi connectivity index (χ3v) is 4.29. The van der Waals surface area contributed by atoms with Crippen molar-refractivity contribution >= 4 is 24.0 Å². The Bertz CT molecular complexity index is 592. The maximum Gasteiger partial charge on any atom is 0.320 e. The summed E-state index contributed by atoms with van der Waals surface area (Å²) in [6.07, 6.45) is 6.60. The molecule has 0 spiro atoms. The number of ether oxygens (including phenoxy) is 4. The molecule has 0 aliphatic rings. The molecule has 0 aliphatic carbocycles. The number of carbonyl (C=O) groups is 4. The average molecular weight is 427 g/mol. The van der Waals surface area contributed by atoms with Crippen molar-refractivity contribution in [3.63, 3.8) is 0 Å². The van der Waals surface area contributed by atoms with Gasteiger partial charge in [-0.25, -0.2) is 0 Å². The van der Waals surface area contributed by atoms with Gasteiger partial charge in [-0.1, -0.05) is 26.7 Å². The molecule has 8 nitrogen and oxygen atoms in total. The molecule has 0 heterocycles. The summed E-state index contributed by atoms with van der Waals surface area (Å²) in [4.78, 5) is 46.1. The fraction of sp³-hybridized carbons (Fsp3) is 0.727. The first-order chi connectivity index (χ1) is 14.2. The van der Waals surface area contributed by atoms with Crippen LogP contribution in [0.5, 0.6) is 0 Å².